The molecule has 1 aliphatic rings. The fourth-order valence-corrected chi connectivity index (χ4v) is 3.24. The molecule has 9 heteroatoms. The van der Waals surface area contributed by atoms with E-state index in [2.05, 4.69) is 10.9 Å². The van der Waals surface area contributed by atoms with Gasteiger partial charge in [0.25, 0.3) is 5.91 Å². The molecule has 0 aromatic heterocycles. The summed E-state index contributed by atoms with van der Waals surface area (Å²) in [7, 11) is 4.30. The van der Waals surface area contributed by atoms with Crippen LogP contribution in [0.25, 0.3) is 0 Å². The molecule has 3 N–H and O–H groups in total. The number of amides is 2. The van der Waals surface area contributed by atoms with Gasteiger partial charge in [-0.2, -0.15) is 0 Å². The molecule has 1 aliphatic carbocycles. The summed E-state index contributed by atoms with van der Waals surface area (Å²) in [6, 6.07) is 2.90. The molecule has 0 bridgehead atoms. The van der Waals surface area contributed by atoms with Crippen LogP contribution >= 0.6 is 0 Å². The number of benzene rings is 1. The highest BCUT2D eigenvalue weighted by Crippen LogP contribution is 2.38. The topological polar surface area (TPSA) is 123 Å². The van der Waals surface area contributed by atoms with E-state index < -0.39 is 29.6 Å². The van der Waals surface area contributed by atoms with Crippen molar-refractivity contribution in [3.8, 4) is 17.2 Å². The van der Waals surface area contributed by atoms with E-state index in [4.69, 9.17) is 14.2 Å². The maximum absolute atomic E-state index is 12.4. The predicted molar refractivity (Wildman–Crippen MR) is 94.8 cm³/mol. The summed E-state index contributed by atoms with van der Waals surface area (Å²) < 4.78 is 15.6. The van der Waals surface area contributed by atoms with Crippen LogP contribution in [0.1, 0.15) is 36.0 Å². The second-order valence-corrected chi connectivity index (χ2v) is 6.19. The van der Waals surface area contributed by atoms with Gasteiger partial charge in [-0.3, -0.25) is 25.2 Å². The van der Waals surface area contributed by atoms with Crippen LogP contribution in [0, 0.1) is 11.8 Å². The molecule has 0 saturated heterocycles. The number of aliphatic carboxylic acids is 1. The van der Waals surface area contributed by atoms with Gasteiger partial charge in [-0.15, -0.1) is 0 Å². The molecule has 1 saturated carbocycles. The first-order chi connectivity index (χ1) is 12.9. The number of hydrazine groups is 1. The first kappa shape index (κ1) is 20.3. The van der Waals surface area contributed by atoms with Crippen LogP contribution in [0.2, 0.25) is 0 Å². The smallest absolute Gasteiger partial charge is 0.307 e. The molecule has 148 valence electrons. The maximum atomic E-state index is 12.4. The Morgan fingerprint density at radius 1 is 0.926 bits per heavy atom. The van der Waals surface area contributed by atoms with Crippen molar-refractivity contribution < 1.29 is 33.7 Å². The Morgan fingerprint density at radius 3 is 1.96 bits per heavy atom. The zero-order valence-corrected chi connectivity index (χ0v) is 15.5. The molecule has 0 heterocycles. The molecule has 2 unspecified atom stereocenters. The number of ether oxygens (including phenoxy) is 3. The lowest BCUT2D eigenvalue weighted by Crippen LogP contribution is -2.47. The number of carbonyl (C=O) groups excluding carboxylic acids is 2. The van der Waals surface area contributed by atoms with Crippen LogP contribution in [-0.4, -0.2) is 44.2 Å². The standard InChI is InChI=1S/C18H24N2O7/c1-25-13-8-10(9-14(26-2)15(13)27-3)16(21)19-20-17(22)11-6-4-5-7-12(11)18(23)24/h8-9,11-12H,4-7H2,1-3H3,(H,19,21)(H,20,22)(H,23,24). The van der Waals surface area contributed by atoms with E-state index in [1.807, 2.05) is 0 Å². The number of nitrogens with one attached hydrogen (secondary N) is 2. The van der Waals surface area contributed by atoms with Crippen molar-refractivity contribution in [2.75, 3.05) is 21.3 Å². The van der Waals surface area contributed by atoms with Crippen molar-refractivity contribution in [3.05, 3.63) is 17.7 Å². The minimum Gasteiger partial charge on any atom is -0.493 e. The second-order valence-electron chi connectivity index (χ2n) is 6.19. The van der Waals surface area contributed by atoms with Gasteiger partial charge in [0, 0.05) is 5.56 Å². The highest BCUT2D eigenvalue weighted by Gasteiger charge is 2.35. The van der Waals surface area contributed by atoms with Gasteiger partial charge in [0.15, 0.2) is 11.5 Å². The monoisotopic (exact) mass is 380 g/mol. The van der Waals surface area contributed by atoms with E-state index in [0.717, 1.165) is 12.8 Å². The van der Waals surface area contributed by atoms with Crippen molar-refractivity contribution in [1.82, 2.24) is 10.9 Å². The van der Waals surface area contributed by atoms with Crippen LogP contribution in [0.4, 0.5) is 0 Å². The Hall–Kier alpha value is -2.97. The lowest BCUT2D eigenvalue weighted by Gasteiger charge is -2.27. The van der Waals surface area contributed by atoms with Gasteiger partial charge in [0.1, 0.15) is 0 Å². The van der Waals surface area contributed by atoms with E-state index >= 15 is 0 Å². The summed E-state index contributed by atoms with van der Waals surface area (Å²) in [6.45, 7) is 0. The molecule has 0 spiro atoms. The molecule has 0 radical (unpaired) electrons. The van der Waals surface area contributed by atoms with Gasteiger partial charge in [-0.1, -0.05) is 12.8 Å². The summed E-state index contributed by atoms with van der Waals surface area (Å²) in [6.07, 6.45) is 2.48. The molecule has 9 nitrogen and oxygen atoms in total. The van der Waals surface area contributed by atoms with Gasteiger partial charge in [-0.05, 0) is 25.0 Å². The summed E-state index contributed by atoms with van der Waals surface area (Å²) in [5, 5.41) is 9.27. The van der Waals surface area contributed by atoms with Crippen molar-refractivity contribution in [1.29, 1.82) is 0 Å². The van der Waals surface area contributed by atoms with Crippen LogP contribution in [0.15, 0.2) is 12.1 Å². The molecule has 1 aromatic rings. The van der Waals surface area contributed by atoms with Crippen molar-refractivity contribution in [2.24, 2.45) is 11.8 Å². The Balaban J connectivity index is 2.09. The fraction of sp³-hybridized carbons (Fsp3) is 0.500. The maximum Gasteiger partial charge on any atom is 0.307 e. The van der Waals surface area contributed by atoms with Crippen molar-refractivity contribution in [2.45, 2.75) is 25.7 Å². The molecule has 1 aromatic carbocycles. The summed E-state index contributed by atoms with van der Waals surface area (Å²) in [5.74, 6) is -2.57. The Bertz CT molecular complexity index is 695. The normalized spacial score (nSPS) is 18.9. The molecular weight excluding hydrogens is 356 g/mol. The predicted octanol–water partition coefficient (Wildman–Crippen LogP) is 1.36. The molecule has 1 fully saturated rings. The number of hydrogen-bond donors (Lipinski definition) is 3. The van der Waals surface area contributed by atoms with Crippen LogP contribution in [-0.2, 0) is 9.59 Å². The van der Waals surface area contributed by atoms with Crippen LogP contribution < -0.4 is 25.1 Å². The molecule has 2 amide bonds. The highest BCUT2D eigenvalue weighted by molar-refractivity contribution is 5.97. The quantitative estimate of drug-likeness (QED) is 0.637. The van der Waals surface area contributed by atoms with Crippen LogP contribution in [0.5, 0.6) is 17.2 Å². The second kappa shape index (κ2) is 9.11. The number of carbonyl (C=O) groups is 3. The Morgan fingerprint density at radius 2 is 1.48 bits per heavy atom. The van der Waals surface area contributed by atoms with Gasteiger partial charge < -0.3 is 19.3 Å². The number of hydrogen-bond acceptors (Lipinski definition) is 6. The lowest BCUT2D eigenvalue weighted by atomic mass is 9.79. The SMILES string of the molecule is COc1cc(C(=O)NNC(=O)C2CCCCC2C(=O)O)cc(OC)c1OC. The zero-order chi connectivity index (χ0) is 20.0. The summed E-state index contributed by atoms with van der Waals surface area (Å²) in [5.41, 5.74) is 4.82. The third-order valence-electron chi connectivity index (χ3n) is 4.65. The van der Waals surface area contributed by atoms with Gasteiger partial charge in [0.2, 0.25) is 11.7 Å². The third-order valence-corrected chi connectivity index (χ3v) is 4.65. The van der Waals surface area contributed by atoms with E-state index in [1.165, 1.54) is 33.5 Å². The molecule has 2 rings (SSSR count). The van der Waals surface area contributed by atoms with E-state index in [1.54, 1.807) is 0 Å². The zero-order valence-electron chi connectivity index (χ0n) is 15.5. The molecule has 2 atom stereocenters. The van der Waals surface area contributed by atoms with Crippen LogP contribution in [0.3, 0.4) is 0 Å². The van der Waals surface area contributed by atoms with E-state index in [9.17, 15) is 19.5 Å². The van der Waals surface area contributed by atoms with E-state index in [-0.39, 0.29) is 5.56 Å². The Labute approximate surface area is 156 Å². The first-order valence-corrected chi connectivity index (χ1v) is 8.55. The van der Waals surface area contributed by atoms with Crippen molar-refractivity contribution in [3.63, 3.8) is 0 Å². The molecule has 0 aliphatic heterocycles. The number of methoxy groups -OCH3 is 3. The van der Waals surface area contributed by atoms with E-state index in [0.29, 0.717) is 30.1 Å². The largest absolute Gasteiger partial charge is 0.493 e. The minimum absolute atomic E-state index is 0.184. The summed E-state index contributed by atoms with van der Waals surface area (Å²) >= 11 is 0. The Kier molecular flexibility index (Phi) is 6.86. The van der Waals surface area contributed by atoms with Gasteiger partial charge in [-0.25, -0.2) is 0 Å². The number of rotatable bonds is 6. The minimum atomic E-state index is -0.995. The number of carboxylic acids is 1. The van der Waals surface area contributed by atoms with Gasteiger partial charge >= 0.3 is 5.97 Å². The third kappa shape index (κ3) is 4.60. The average Bonchev–Trinajstić information content (AvgIpc) is 2.70. The van der Waals surface area contributed by atoms with Gasteiger partial charge in [0.05, 0.1) is 33.2 Å². The highest BCUT2D eigenvalue weighted by atomic mass is 16.5. The molecule has 27 heavy (non-hydrogen) atoms. The van der Waals surface area contributed by atoms with Crippen molar-refractivity contribution >= 4 is 17.8 Å². The molecular formula is C18H24N2O7. The average molecular weight is 380 g/mol. The number of carboxylic acid groups (broad SMARTS) is 1. The summed E-state index contributed by atoms with van der Waals surface area (Å²) in [4.78, 5) is 36.0. The first-order valence-electron chi connectivity index (χ1n) is 8.55. The fourth-order valence-electron chi connectivity index (χ4n) is 3.24. The lowest BCUT2D eigenvalue weighted by molar-refractivity contribution is -0.149.